The molecule has 0 aromatic carbocycles. The zero-order valence-electron chi connectivity index (χ0n) is 27.9. The lowest BCUT2D eigenvalue weighted by molar-refractivity contribution is -0.104. The lowest BCUT2D eigenvalue weighted by atomic mass is 9.95. The quantitative estimate of drug-likeness (QED) is 0.148. The lowest BCUT2D eigenvalue weighted by Gasteiger charge is -2.12. The molecule has 44 heavy (non-hydrogen) atoms. The number of nitrogens with one attached hydrogen (secondary N) is 1. The van der Waals surface area contributed by atoms with Crippen LogP contribution in [0.5, 0.6) is 0 Å². The van der Waals surface area contributed by atoms with Gasteiger partial charge < -0.3 is 9.55 Å². The Balaban J connectivity index is 2.19. The molecule has 5 heteroatoms. The van der Waals surface area contributed by atoms with Gasteiger partial charge in [-0.05, 0) is 105 Å². The van der Waals surface area contributed by atoms with Crippen LogP contribution in [0.4, 0.5) is 0 Å². The molecule has 3 aromatic heterocycles. The van der Waals surface area contributed by atoms with Crippen molar-refractivity contribution >= 4 is 51.7 Å². The van der Waals surface area contributed by atoms with Crippen LogP contribution in [0.25, 0.3) is 45.4 Å². The van der Waals surface area contributed by atoms with E-state index in [4.69, 9.17) is 9.97 Å². The van der Waals surface area contributed by atoms with Gasteiger partial charge in [0.05, 0.1) is 33.8 Å². The summed E-state index contributed by atoms with van der Waals surface area (Å²) in [5.41, 5.74) is 19.1. The molecule has 0 aliphatic carbocycles. The number of hydrogen-bond acceptors (Lipinski definition) is 3. The second kappa shape index (κ2) is 13.3. The molecule has 8 bridgehead atoms. The van der Waals surface area contributed by atoms with E-state index in [0.29, 0.717) is 0 Å². The van der Waals surface area contributed by atoms with Crippen molar-refractivity contribution in [2.24, 2.45) is 0 Å². The first kappa shape index (κ1) is 31.4. The number of nitrogens with zero attached hydrogens (tertiary/aromatic N) is 3. The predicted molar refractivity (Wildman–Crippen MR) is 188 cm³/mol. The fraction of sp³-hybridized carbons (Fsp3) is 0.410. The standard InChI is InChI=1S/C39H48N4O/c1-9-24-31(18-17-23-44)37-28(13-5)34-21-19-32(40-34)27(12-4)33-20-22-35(41-33)29(14-6)38-25(10-2)26(11-3)39(43(38)16-8)30(15-7)36(24)42-37/h17-23,40H,9-16H2,1-8H3. The first-order valence-corrected chi connectivity index (χ1v) is 16.8. The molecule has 0 saturated carbocycles. The third-order valence-corrected chi connectivity index (χ3v) is 9.44. The van der Waals surface area contributed by atoms with E-state index < -0.39 is 0 Å². The molecule has 2 aliphatic rings. The summed E-state index contributed by atoms with van der Waals surface area (Å²) in [4.78, 5) is 26.2. The number of carbonyl (C=O) groups is 1. The summed E-state index contributed by atoms with van der Waals surface area (Å²) in [6.07, 6.45) is 15.1. The topological polar surface area (TPSA) is 63.6 Å². The summed E-state index contributed by atoms with van der Waals surface area (Å²) < 4.78 is 2.56. The molecule has 230 valence electrons. The number of allylic oxidation sites excluding steroid dienone is 4. The van der Waals surface area contributed by atoms with Crippen LogP contribution in [-0.4, -0.2) is 25.8 Å². The van der Waals surface area contributed by atoms with E-state index in [0.717, 1.165) is 103 Å². The molecular formula is C39H48N4O. The fourth-order valence-corrected chi connectivity index (χ4v) is 7.51. The van der Waals surface area contributed by atoms with Gasteiger partial charge in [-0.2, -0.15) is 0 Å². The molecule has 1 N–H and O–H groups in total. The molecule has 0 amide bonds. The van der Waals surface area contributed by atoms with E-state index in [1.54, 1.807) is 6.08 Å². The smallest absolute Gasteiger partial charge is 0.142 e. The van der Waals surface area contributed by atoms with Crippen molar-refractivity contribution in [3.63, 3.8) is 0 Å². The maximum Gasteiger partial charge on any atom is 0.142 e. The lowest BCUT2D eigenvalue weighted by Crippen LogP contribution is -2.02. The number of aromatic amines is 1. The molecule has 2 aliphatic heterocycles. The van der Waals surface area contributed by atoms with Gasteiger partial charge in [0.15, 0.2) is 0 Å². The SMILES string of the molecule is CCC1=C(C=CC=O)c2nc1c(CC)c1c(CC)c(CC)c(c(CC)c3nc(c(CC)c4ccc([nH]4)c2CC)C=C3)n1CC. The Kier molecular flexibility index (Phi) is 9.53. The Labute approximate surface area is 262 Å². The first-order valence-electron chi connectivity index (χ1n) is 16.8. The van der Waals surface area contributed by atoms with Crippen molar-refractivity contribution < 1.29 is 4.79 Å². The van der Waals surface area contributed by atoms with Crippen LogP contribution in [0.15, 0.2) is 24.3 Å². The van der Waals surface area contributed by atoms with Crippen LogP contribution >= 0.6 is 0 Å². The second-order valence-corrected chi connectivity index (χ2v) is 11.5. The third kappa shape index (κ3) is 5.00. The molecule has 0 fully saturated rings. The van der Waals surface area contributed by atoms with Gasteiger partial charge >= 0.3 is 0 Å². The van der Waals surface area contributed by atoms with E-state index in [1.165, 1.54) is 44.4 Å². The van der Waals surface area contributed by atoms with E-state index in [9.17, 15) is 4.79 Å². The summed E-state index contributed by atoms with van der Waals surface area (Å²) in [5.74, 6) is 0. The number of aromatic nitrogens is 4. The third-order valence-electron chi connectivity index (χ3n) is 9.44. The highest BCUT2D eigenvalue weighted by atomic mass is 16.1. The molecular weight excluding hydrogens is 540 g/mol. The molecule has 3 aromatic rings. The van der Waals surface area contributed by atoms with Gasteiger partial charge in [-0.3, -0.25) is 4.79 Å². The molecule has 0 atom stereocenters. The Bertz CT molecular complexity index is 1860. The normalized spacial score (nSPS) is 13.1. The largest absolute Gasteiger partial charge is 0.355 e. The van der Waals surface area contributed by atoms with Gasteiger partial charge in [0.25, 0.3) is 0 Å². The maximum absolute atomic E-state index is 11.6. The van der Waals surface area contributed by atoms with Crippen molar-refractivity contribution in [2.45, 2.75) is 107 Å². The molecule has 0 saturated heterocycles. The Morgan fingerprint density at radius 3 is 1.70 bits per heavy atom. The van der Waals surface area contributed by atoms with E-state index in [-0.39, 0.29) is 0 Å². The minimum atomic E-state index is 0.813. The van der Waals surface area contributed by atoms with Gasteiger partial charge in [0, 0.05) is 45.4 Å². The number of aryl methyl sites for hydroxylation is 7. The van der Waals surface area contributed by atoms with Crippen LogP contribution in [0.3, 0.4) is 0 Å². The Morgan fingerprint density at radius 1 is 0.636 bits per heavy atom. The van der Waals surface area contributed by atoms with E-state index in [2.05, 4.69) is 89.2 Å². The number of H-pyrrole nitrogens is 1. The van der Waals surface area contributed by atoms with Crippen molar-refractivity contribution in [1.82, 2.24) is 19.5 Å². The minimum absolute atomic E-state index is 0.813. The Morgan fingerprint density at radius 2 is 1.18 bits per heavy atom. The summed E-state index contributed by atoms with van der Waals surface area (Å²) in [6.45, 7) is 18.9. The molecule has 0 spiro atoms. The summed E-state index contributed by atoms with van der Waals surface area (Å²) >= 11 is 0. The van der Waals surface area contributed by atoms with E-state index >= 15 is 0 Å². The van der Waals surface area contributed by atoms with Gasteiger partial charge in [-0.25, -0.2) is 9.97 Å². The summed E-state index contributed by atoms with van der Waals surface area (Å²) in [7, 11) is 0. The van der Waals surface area contributed by atoms with Crippen LogP contribution in [0, 0.1) is 0 Å². The highest BCUT2D eigenvalue weighted by Gasteiger charge is 2.26. The monoisotopic (exact) mass is 588 g/mol. The zero-order valence-corrected chi connectivity index (χ0v) is 27.9. The van der Waals surface area contributed by atoms with Gasteiger partial charge in [0.1, 0.15) is 6.29 Å². The molecule has 5 heterocycles. The predicted octanol–water partition coefficient (Wildman–Crippen LogP) is 9.43. The molecule has 0 radical (unpaired) electrons. The van der Waals surface area contributed by atoms with Crippen LogP contribution in [0.2, 0.25) is 0 Å². The Hall–Kier alpha value is -3.99. The van der Waals surface area contributed by atoms with Crippen molar-refractivity contribution in [1.29, 1.82) is 0 Å². The number of aldehydes is 1. The highest BCUT2D eigenvalue weighted by Crippen LogP contribution is 2.41. The number of rotatable bonds is 10. The number of fused-ring (bicyclic) bond motifs is 8. The van der Waals surface area contributed by atoms with Crippen molar-refractivity contribution in [3.8, 4) is 0 Å². The highest BCUT2D eigenvalue weighted by molar-refractivity contribution is 6.01. The zero-order chi connectivity index (χ0) is 31.5. The van der Waals surface area contributed by atoms with Gasteiger partial charge in [0.2, 0.25) is 0 Å². The van der Waals surface area contributed by atoms with Crippen LogP contribution in [0.1, 0.15) is 118 Å². The average Bonchev–Trinajstić information content (AvgIpc) is 3.83. The summed E-state index contributed by atoms with van der Waals surface area (Å²) in [6, 6.07) is 4.37. The molecule has 0 unspecified atom stereocenters. The second-order valence-electron chi connectivity index (χ2n) is 11.5. The minimum Gasteiger partial charge on any atom is -0.355 e. The maximum atomic E-state index is 11.6. The van der Waals surface area contributed by atoms with Crippen molar-refractivity contribution in [3.05, 3.63) is 80.4 Å². The van der Waals surface area contributed by atoms with Crippen LogP contribution < -0.4 is 0 Å². The number of carbonyl (C=O) groups excluding carboxylic acids is 1. The summed E-state index contributed by atoms with van der Waals surface area (Å²) in [5, 5.41) is 0. The van der Waals surface area contributed by atoms with E-state index in [1.807, 2.05) is 6.08 Å². The fourth-order valence-electron chi connectivity index (χ4n) is 7.51. The number of hydrogen-bond donors (Lipinski definition) is 1. The molecule has 5 rings (SSSR count). The van der Waals surface area contributed by atoms with Crippen molar-refractivity contribution in [2.75, 3.05) is 0 Å². The molecule has 5 nitrogen and oxygen atoms in total. The average molecular weight is 589 g/mol. The first-order chi connectivity index (χ1) is 21.5. The van der Waals surface area contributed by atoms with Gasteiger partial charge in [-0.15, -0.1) is 0 Å². The van der Waals surface area contributed by atoms with Gasteiger partial charge in [-0.1, -0.05) is 48.5 Å². The van der Waals surface area contributed by atoms with Crippen LogP contribution in [-0.2, 0) is 49.9 Å².